The summed E-state index contributed by atoms with van der Waals surface area (Å²) in [5.74, 6) is 0.126. The van der Waals surface area contributed by atoms with E-state index < -0.39 is 5.97 Å². The minimum absolute atomic E-state index is 0.216. The molecule has 0 N–H and O–H groups in total. The zero-order valence-corrected chi connectivity index (χ0v) is 18.4. The van der Waals surface area contributed by atoms with Gasteiger partial charge >= 0.3 is 5.97 Å². The second kappa shape index (κ2) is 9.58. The van der Waals surface area contributed by atoms with Crippen molar-refractivity contribution in [2.75, 3.05) is 25.3 Å². The fourth-order valence-electron chi connectivity index (χ4n) is 2.86. The maximum atomic E-state index is 12.9. The Morgan fingerprint density at radius 3 is 2.60 bits per heavy atom. The third kappa shape index (κ3) is 4.71. The topological polar surface area (TPSA) is 77.4 Å². The van der Waals surface area contributed by atoms with Crippen LogP contribution in [0, 0.1) is 0 Å². The van der Waals surface area contributed by atoms with Crippen LogP contribution >= 0.6 is 15.9 Å². The van der Waals surface area contributed by atoms with Gasteiger partial charge in [-0.15, -0.1) is 0 Å². The maximum Gasteiger partial charge on any atom is 0.344 e. The Hall–Kier alpha value is -3.13. The zero-order valence-electron chi connectivity index (χ0n) is 16.8. The molecule has 0 radical (unpaired) electrons. The Morgan fingerprint density at radius 1 is 1.20 bits per heavy atom. The largest absolute Gasteiger partial charge is 0.493 e. The quantitative estimate of drug-likeness (QED) is 0.445. The maximum absolute atomic E-state index is 12.9. The number of hydrogen-bond acceptors (Lipinski definition) is 6. The molecule has 1 heterocycles. The van der Waals surface area contributed by atoms with Gasteiger partial charge in [-0.3, -0.25) is 4.79 Å². The smallest absolute Gasteiger partial charge is 0.344 e. The van der Waals surface area contributed by atoms with Crippen molar-refractivity contribution in [2.24, 2.45) is 5.10 Å². The number of rotatable bonds is 7. The number of esters is 1. The number of anilines is 1. The molecule has 0 saturated carbocycles. The molecule has 7 nitrogen and oxygen atoms in total. The zero-order chi connectivity index (χ0) is 21.7. The van der Waals surface area contributed by atoms with Crippen molar-refractivity contribution in [3.05, 3.63) is 58.1 Å². The normalized spacial score (nSPS) is 14.7. The molecule has 0 bridgehead atoms. The molecule has 1 aliphatic rings. The van der Waals surface area contributed by atoms with E-state index >= 15 is 0 Å². The SMILES string of the molecule is CCOC(=O)COc1cc(Br)c(/C=C2\C(=O)N(c3ccccc3)N=C2C)cc1OC. The second-order valence-corrected chi connectivity index (χ2v) is 7.17. The Bertz CT molecular complexity index is 1020. The van der Waals surface area contributed by atoms with Crippen LogP contribution in [0.4, 0.5) is 5.69 Å². The van der Waals surface area contributed by atoms with Gasteiger partial charge in [0.1, 0.15) is 0 Å². The van der Waals surface area contributed by atoms with E-state index in [1.54, 1.807) is 32.1 Å². The van der Waals surface area contributed by atoms with Gasteiger partial charge in [0, 0.05) is 4.47 Å². The number of amides is 1. The van der Waals surface area contributed by atoms with E-state index in [4.69, 9.17) is 14.2 Å². The molecule has 0 fully saturated rings. The number of hydrogen-bond donors (Lipinski definition) is 0. The van der Waals surface area contributed by atoms with Crippen molar-refractivity contribution in [3.8, 4) is 11.5 Å². The summed E-state index contributed by atoms with van der Waals surface area (Å²) in [6, 6.07) is 12.6. The fourth-order valence-corrected chi connectivity index (χ4v) is 3.29. The van der Waals surface area contributed by atoms with Crippen LogP contribution < -0.4 is 14.5 Å². The lowest BCUT2D eigenvalue weighted by molar-refractivity contribution is -0.145. The predicted octanol–water partition coefficient (Wildman–Crippen LogP) is 4.21. The van der Waals surface area contributed by atoms with Crippen molar-refractivity contribution >= 4 is 45.3 Å². The van der Waals surface area contributed by atoms with Crippen LogP contribution in [0.5, 0.6) is 11.5 Å². The van der Waals surface area contributed by atoms with Crippen molar-refractivity contribution in [3.63, 3.8) is 0 Å². The van der Waals surface area contributed by atoms with Gasteiger partial charge in [-0.2, -0.15) is 10.1 Å². The molecule has 0 atom stereocenters. The summed E-state index contributed by atoms with van der Waals surface area (Å²) >= 11 is 3.49. The summed E-state index contributed by atoms with van der Waals surface area (Å²) in [4.78, 5) is 24.5. The van der Waals surface area contributed by atoms with E-state index in [1.807, 2.05) is 30.3 Å². The van der Waals surface area contributed by atoms with E-state index in [0.717, 1.165) is 0 Å². The molecule has 2 aromatic carbocycles. The van der Waals surface area contributed by atoms with E-state index in [9.17, 15) is 9.59 Å². The molecular formula is C22H21BrN2O5. The number of nitrogens with zero attached hydrogens (tertiary/aromatic N) is 2. The molecule has 0 saturated heterocycles. The van der Waals surface area contributed by atoms with Crippen LogP contribution in [0.15, 0.2) is 57.6 Å². The van der Waals surface area contributed by atoms with Gasteiger partial charge < -0.3 is 14.2 Å². The molecule has 3 rings (SSSR count). The average molecular weight is 473 g/mol. The van der Waals surface area contributed by atoms with Gasteiger partial charge in [0.2, 0.25) is 0 Å². The van der Waals surface area contributed by atoms with Gasteiger partial charge in [-0.25, -0.2) is 4.79 Å². The number of halogens is 1. The number of benzene rings is 2. The highest BCUT2D eigenvalue weighted by atomic mass is 79.9. The minimum Gasteiger partial charge on any atom is -0.493 e. The summed E-state index contributed by atoms with van der Waals surface area (Å²) in [5.41, 5.74) is 2.49. The van der Waals surface area contributed by atoms with E-state index in [2.05, 4.69) is 21.0 Å². The molecule has 30 heavy (non-hydrogen) atoms. The summed E-state index contributed by atoms with van der Waals surface area (Å²) < 4.78 is 16.4. The Kier molecular flexibility index (Phi) is 6.89. The molecule has 8 heteroatoms. The van der Waals surface area contributed by atoms with Crippen molar-refractivity contribution < 1.29 is 23.8 Å². The van der Waals surface area contributed by atoms with Crippen LogP contribution in [0.25, 0.3) is 6.08 Å². The molecule has 0 aromatic heterocycles. The van der Waals surface area contributed by atoms with Crippen molar-refractivity contribution in [2.45, 2.75) is 13.8 Å². The number of para-hydroxylation sites is 1. The monoisotopic (exact) mass is 472 g/mol. The van der Waals surface area contributed by atoms with Gasteiger partial charge in [0.15, 0.2) is 18.1 Å². The highest BCUT2D eigenvalue weighted by Gasteiger charge is 2.29. The third-order valence-electron chi connectivity index (χ3n) is 4.30. The first kappa shape index (κ1) is 21.6. The lowest BCUT2D eigenvalue weighted by Crippen LogP contribution is -2.21. The second-order valence-electron chi connectivity index (χ2n) is 6.31. The van der Waals surface area contributed by atoms with E-state index in [0.29, 0.717) is 38.5 Å². The van der Waals surface area contributed by atoms with Crippen LogP contribution in [-0.4, -0.2) is 37.9 Å². The lowest BCUT2D eigenvalue weighted by Gasteiger charge is -2.13. The number of carbonyl (C=O) groups excluding carboxylic acids is 2. The first-order valence-corrected chi connectivity index (χ1v) is 10.1. The van der Waals surface area contributed by atoms with Gasteiger partial charge in [0.25, 0.3) is 5.91 Å². The third-order valence-corrected chi connectivity index (χ3v) is 4.98. The number of methoxy groups -OCH3 is 1. The summed E-state index contributed by atoms with van der Waals surface area (Å²) in [6.45, 7) is 3.57. The molecule has 0 spiro atoms. The number of carbonyl (C=O) groups is 2. The van der Waals surface area contributed by atoms with E-state index in [-0.39, 0.29) is 19.1 Å². The molecule has 1 aliphatic heterocycles. The molecule has 0 unspecified atom stereocenters. The first-order chi connectivity index (χ1) is 14.4. The van der Waals surface area contributed by atoms with Gasteiger partial charge in [-0.1, -0.05) is 34.1 Å². The summed E-state index contributed by atoms with van der Waals surface area (Å²) in [6.07, 6.45) is 1.74. The highest BCUT2D eigenvalue weighted by Crippen LogP contribution is 2.35. The minimum atomic E-state index is -0.466. The first-order valence-electron chi connectivity index (χ1n) is 9.27. The van der Waals surface area contributed by atoms with Crippen LogP contribution in [0.2, 0.25) is 0 Å². The Balaban J connectivity index is 1.87. The molecular weight excluding hydrogens is 452 g/mol. The number of hydrazone groups is 1. The fraction of sp³-hybridized carbons (Fsp3) is 0.227. The molecule has 1 amide bonds. The number of ether oxygens (including phenoxy) is 3. The van der Waals surface area contributed by atoms with Crippen molar-refractivity contribution in [1.82, 2.24) is 0 Å². The standard InChI is InChI=1S/C22H21BrN2O5/c1-4-29-21(26)13-30-20-12-18(23)15(11-19(20)28-3)10-17-14(2)24-25(22(17)27)16-8-6-5-7-9-16/h5-12H,4,13H2,1-3H3/b17-10-. The summed E-state index contributed by atoms with van der Waals surface area (Å²) in [5, 5.41) is 5.76. The van der Waals surface area contributed by atoms with Gasteiger partial charge in [0.05, 0.1) is 30.7 Å². The summed E-state index contributed by atoms with van der Waals surface area (Å²) in [7, 11) is 1.50. The van der Waals surface area contributed by atoms with E-state index in [1.165, 1.54) is 12.1 Å². The predicted molar refractivity (Wildman–Crippen MR) is 118 cm³/mol. The van der Waals surface area contributed by atoms with Crippen LogP contribution in [-0.2, 0) is 14.3 Å². The molecule has 2 aromatic rings. The van der Waals surface area contributed by atoms with Crippen LogP contribution in [0.3, 0.4) is 0 Å². The van der Waals surface area contributed by atoms with Gasteiger partial charge in [-0.05, 0) is 49.8 Å². The Morgan fingerprint density at radius 2 is 1.93 bits per heavy atom. The molecule has 0 aliphatic carbocycles. The van der Waals surface area contributed by atoms with Crippen molar-refractivity contribution in [1.29, 1.82) is 0 Å². The lowest BCUT2D eigenvalue weighted by atomic mass is 10.1. The average Bonchev–Trinajstić information content (AvgIpc) is 3.02. The van der Waals surface area contributed by atoms with Crippen LogP contribution in [0.1, 0.15) is 19.4 Å². The highest BCUT2D eigenvalue weighted by molar-refractivity contribution is 9.10. The Labute approximate surface area is 183 Å². The molecule has 156 valence electrons.